The van der Waals surface area contributed by atoms with Gasteiger partial charge >= 0.3 is 0 Å². The lowest BCUT2D eigenvalue weighted by Gasteiger charge is -2.05. The van der Waals surface area contributed by atoms with Crippen molar-refractivity contribution < 1.29 is 0 Å². The lowest BCUT2D eigenvalue weighted by atomic mass is 10.3. The molecule has 0 amide bonds. The van der Waals surface area contributed by atoms with Gasteiger partial charge in [0.05, 0.1) is 0 Å². The van der Waals surface area contributed by atoms with Gasteiger partial charge < -0.3 is 5.32 Å². The number of nitrogens with one attached hydrogen (secondary N) is 1. The van der Waals surface area contributed by atoms with Crippen LogP contribution >= 0.6 is 23.1 Å². The Morgan fingerprint density at radius 1 is 1.41 bits per heavy atom. The van der Waals surface area contributed by atoms with E-state index in [1.54, 1.807) is 29.3 Å². The fourth-order valence-corrected chi connectivity index (χ4v) is 2.93. The first-order chi connectivity index (χ1) is 8.31. The van der Waals surface area contributed by atoms with Gasteiger partial charge in [-0.2, -0.15) is 0 Å². The third kappa shape index (κ3) is 3.41. The Labute approximate surface area is 109 Å². The summed E-state index contributed by atoms with van der Waals surface area (Å²) in [5.74, 6) is 1.75. The van der Waals surface area contributed by atoms with E-state index in [1.807, 2.05) is 18.5 Å². The smallest absolute Gasteiger partial charge is 0.156 e. The van der Waals surface area contributed by atoms with Crippen LogP contribution in [0.15, 0.2) is 27.0 Å². The Bertz CT molecular complexity index is 470. The first kappa shape index (κ1) is 12.3. The number of hydrogen-bond acceptors (Lipinski definition) is 6. The molecule has 0 fully saturated rings. The summed E-state index contributed by atoms with van der Waals surface area (Å²) >= 11 is 3.20. The lowest BCUT2D eigenvalue weighted by molar-refractivity contribution is 0.811. The van der Waals surface area contributed by atoms with E-state index in [9.17, 15) is 0 Å². The fraction of sp³-hybridized carbons (Fsp3) is 0.364. The van der Waals surface area contributed by atoms with E-state index in [4.69, 9.17) is 0 Å². The third-order valence-corrected chi connectivity index (χ3v) is 3.88. The van der Waals surface area contributed by atoms with Gasteiger partial charge in [0.1, 0.15) is 16.7 Å². The van der Waals surface area contributed by atoms with Crippen molar-refractivity contribution in [2.45, 2.75) is 29.1 Å². The highest BCUT2D eigenvalue weighted by Gasteiger charge is 2.06. The Balaban J connectivity index is 2.23. The molecule has 6 heteroatoms. The predicted octanol–water partition coefficient (Wildman–Crippen LogP) is 3.08. The van der Waals surface area contributed by atoms with Crippen molar-refractivity contribution in [3.8, 4) is 0 Å². The summed E-state index contributed by atoms with van der Waals surface area (Å²) in [7, 11) is 1.87. The Kier molecular flexibility index (Phi) is 4.33. The SMILES string of the molecule is CCCc1nc(NC)cc(Sc2nccs2)n1. The molecular weight excluding hydrogens is 252 g/mol. The summed E-state index contributed by atoms with van der Waals surface area (Å²) in [5.41, 5.74) is 0. The molecular formula is C11H14N4S2. The van der Waals surface area contributed by atoms with Crippen LogP contribution in [0.5, 0.6) is 0 Å². The van der Waals surface area contributed by atoms with Crippen molar-refractivity contribution in [1.29, 1.82) is 0 Å². The first-order valence-electron chi connectivity index (χ1n) is 5.45. The van der Waals surface area contributed by atoms with Gasteiger partial charge in [-0.1, -0.05) is 6.92 Å². The maximum Gasteiger partial charge on any atom is 0.156 e. The quantitative estimate of drug-likeness (QED) is 0.843. The number of rotatable bonds is 5. The summed E-state index contributed by atoms with van der Waals surface area (Å²) in [5, 5.41) is 5.98. The Hall–Kier alpha value is -1.14. The molecule has 0 spiro atoms. The Morgan fingerprint density at radius 3 is 2.94 bits per heavy atom. The third-order valence-electron chi connectivity index (χ3n) is 2.08. The Morgan fingerprint density at radius 2 is 2.29 bits per heavy atom. The van der Waals surface area contributed by atoms with Crippen LogP contribution < -0.4 is 5.32 Å². The van der Waals surface area contributed by atoms with E-state index < -0.39 is 0 Å². The van der Waals surface area contributed by atoms with Crippen LogP contribution in [0.1, 0.15) is 19.2 Å². The highest BCUT2D eigenvalue weighted by Crippen LogP contribution is 2.28. The van der Waals surface area contributed by atoms with Crippen LogP contribution in [0.2, 0.25) is 0 Å². The lowest BCUT2D eigenvalue weighted by Crippen LogP contribution is -2.00. The predicted molar refractivity (Wildman–Crippen MR) is 71.8 cm³/mol. The molecule has 0 atom stereocenters. The van der Waals surface area contributed by atoms with Crippen LogP contribution in [-0.4, -0.2) is 22.0 Å². The van der Waals surface area contributed by atoms with Gasteiger partial charge in [-0.3, -0.25) is 0 Å². The molecule has 1 N–H and O–H groups in total. The number of nitrogens with zero attached hydrogens (tertiary/aromatic N) is 3. The van der Waals surface area contributed by atoms with Crippen molar-refractivity contribution in [2.75, 3.05) is 12.4 Å². The molecule has 4 nitrogen and oxygen atoms in total. The van der Waals surface area contributed by atoms with Gasteiger partial charge in [0.2, 0.25) is 0 Å². The topological polar surface area (TPSA) is 50.7 Å². The molecule has 2 aromatic heterocycles. The first-order valence-corrected chi connectivity index (χ1v) is 7.14. The largest absolute Gasteiger partial charge is 0.373 e. The van der Waals surface area contributed by atoms with Gasteiger partial charge in [-0.25, -0.2) is 15.0 Å². The molecule has 0 aliphatic carbocycles. The van der Waals surface area contributed by atoms with Crippen LogP contribution in [-0.2, 0) is 6.42 Å². The summed E-state index contributed by atoms with van der Waals surface area (Å²) < 4.78 is 1.01. The van der Waals surface area contributed by atoms with E-state index in [0.717, 1.165) is 33.8 Å². The molecule has 0 saturated carbocycles. The second kappa shape index (κ2) is 5.97. The molecule has 17 heavy (non-hydrogen) atoms. The fourth-order valence-electron chi connectivity index (χ4n) is 1.34. The monoisotopic (exact) mass is 266 g/mol. The van der Waals surface area contributed by atoms with Gasteiger partial charge in [-0.05, 0) is 18.2 Å². The second-order valence-electron chi connectivity index (χ2n) is 3.41. The number of thiazole rings is 1. The summed E-state index contributed by atoms with van der Waals surface area (Å²) in [6.45, 7) is 2.13. The molecule has 2 rings (SSSR count). The van der Waals surface area contributed by atoms with Gasteiger partial charge in [0.25, 0.3) is 0 Å². The van der Waals surface area contributed by atoms with Gasteiger partial charge in [0, 0.05) is 31.1 Å². The van der Waals surface area contributed by atoms with Gasteiger partial charge in [-0.15, -0.1) is 11.3 Å². The second-order valence-corrected chi connectivity index (χ2v) is 5.57. The highest BCUT2D eigenvalue weighted by molar-refractivity contribution is 8.01. The molecule has 0 unspecified atom stereocenters. The molecule has 0 bridgehead atoms. The van der Waals surface area contributed by atoms with E-state index in [1.165, 1.54) is 0 Å². The average Bonchev–Trinajstić information content (AvgIpc) is 2.82. The molecule has 0 aliphatic heterocycles. The van der Waals surface area contributed by atoms with E-state index in [-0.39, 0.29) is 0 Å². The van der Waals surface area contributed by atoms with E-state index >= 15 is 0 Å². The van der Waals surface area contributed by atoms with Crippen LogP contribution in [0, 0.1) is 0 Å². The van der Waals surface area contributed by atoms with Crippen LogP contribution in [0.25, 0.3) is 0 Å². The van der Waals surface area contributed by atoms with Crippen molar-refractivity contribution in [3.05, 3.63) is 23.5 Å². The summed E-state index contributed by atoms with van der Waals surface area (Å²) in [6, 6.07) is 1.95. The van der Waals surface area contributed by atoms with Crippen LogP contribution in [0.4, 0.5) is 5.82 Å². The van der Waals surface area contributed by atoms with E-state index in [2.05, 4.69) is 27.2 Å². The van der Waals surface area contributed by atoms with Crippen LogP contribution in [0.3, 0.4) is 0 Å². The highest BCUT2D eigenvalue weighted by atomic mass is 32.2. The number of aromatic nitrogens is 3. The zero-order chi connectivity index (χ0) is 12.1. The minimum absolute atomic E-state index is 0.863. The number of aryl methyl sites for hydroxylation is 1. The summed E-state index contributed by atoms with van der Waals surface area (Å²) in [4.78, 5) is 13.2. The molecule has 90 valence electrons. The maximum absolute atomic E-state index is 4.52. The molecule has 0 saturated heterocycles. The molecule has 0 aromatic carbocycles. The van der Waals surface area contributed by atoms with Crippen molar-refractivity contribution in [3.63, 3.8) is 0 Å². The molecule has 0 aliphatic rings. The number of anilines is 1. The maximum atomic E-state index is 4.52. The van der Waals surface area contributed by atoms with Gasteiger partial charge in [0.15, 0.2) is 4.34 Å². The van der Waals surface area contributed by atoms with Crippen molar-refractivity contribution >= 4 is 28.9 Å². The minimum Gasteiger partial charge on any atom is -0.373 e. The standard InChI is InChI=1S/C11H14N4S2/c1-3-4-8-14-9(12-2)7-10(15-8)17-11-13-5-6-16-11/h5-7H,3-4H2,1-2H3,(H,12,14,15). The van der Waals surface area contributed by atoms with Crippen molar-refractivity contribution in [2.24, 2.45) is 0 Å². The summed E-state index contributed by atoms with van der Waals surface area (Å²) in [6.07, 6.45) is 3.76. The molecule has 2 aromatic rings. The normalized spacial score (nSPS) is 10.5. The average molecular weight is 266 g/mol. The van der Waals surface area contributed by atoms with Crippen molar-refractivity contribution in [1.82, 2.24) is 15.0 Å². The molecule has 2 heterocycles. The van der Waals surface area contributed by atoms with E-state index in [0.29, 0.717) is 0 Å². The zero-order valence-corrected chi connectivity index (χ0v) is 11.4. The minimum atomic E-state index is 0.863. The zero-order valence-electron chi connectivity index (χ0n) is 9.80. The number of hydrogen-bond donors (Lipinski definition) is 1. The molecule has 0 radical (unpaired) electrons.